The Morgan fingerprint density at radius 3 is 1.49 bits per heavy atom. The fraction of sp³-hybridized carbons (Fsp3) is 1.00. The van der Waals surface area contributed by atoms with Crippen molar-refractivity contribution in [2.24, 2.45) is 0 Å². The Morgan fingerprint density at radius 2 is 1.09 bits per heavy atom. The Morgan fingerprint density at radius 1 is 0.651 bits per heavy atom. The van der Waals surface area contributed by atoms with Crippen molar-refractivity contribution in [1.29, 1.82) is 0 Å². The normalized spacial score (nSPS) is 27.8. The molecular formula is C33H72O6Si4. The van der Waals surface area contributed by atoms with Gasteiger partial charge in [0.05, 0.1) is 19.3 Å². The van der Waals surface area contributed by atoms with Gasteiger partial charge < -0.3 is 27.2 Å². The molecule has 0 aromatic carbocycles. The first-order valence-electron chi connectivity index (χ1n) is 16.8. The largest absolute Gasteiger partial charge is 0.414 e. The lowest BCUT2D eigenvalue weighted by molar-refractivity contribution is -0.238. The maximum atomic E-state index is 7.44. The minimum absolute atomic E-state index is 0.0266. The van der Waals surface area contributed by atoms with Crippen LogP contribution in [0.25, 0.3) is 0 Å². The van der Waals surface area contributed by atoms with Crippen LogP contribution in [0.4, 0.5) is 0 Å². The summed E-state index contributed by atoms with van der Waals surface area (Å²) in [5.74, 6) is -0.834. The summed E-state index contributed by atoms with van der Waals surface area (Å²) in [4.78, 5) is 0. The second-order valence-electron chi connectivity index (χ2n) is 19.5. The topological polar surface area (TPSA) is 55.4 Å². The summed E-state index contributed by atoms with van der Waals surface area (Å²) in [6.07, 6.45) is 0.459. The third-order valence-electron chi connectivity index (χ3n) is 11.9. The molecule has 10 heteroatoms. The molecule has 1 unspecified atom stereocenters. The molecule has 2 fully saturated rings. The Bertz CT molecular complexity index is 931. The molecule has 0 radical (unpaired) electrons. The number of hydrogen-bond donors (Lipinski definition) is 0. The van der Waals surface area contributed by atoms with E-state index in [9.17, 15) is 0 Å². The van der Waals surface area contributed by atoms with Crippen LogP contribution in [-0.4, -0.2) is 76.7 Å². The van der Waals surface area contributed by atoms with E-state index in [0.29, 0.717) is 13.2 Å². The van der Waals surface area contributed by atoms with Crippen molar-refractivity contribution in [2.45, 2.75) is 199 Å². The molecule has 0 aromatic heterocycles. The van der Waals surface area contributed by atoms with Crippen LogP contribution in [-0.2, 0) is 27.2 Å². The molecule has 256 valence electrons. The Kier molecular flexibility index (Phi) is 11.6. The Labute approximate surface area is 271 Å². The fourth-order valence-electron chi connectivity index (χ4n) is 4.58. The Balaban J connectivity index is 2.74. The molecule has 2 heterocycles. The van der Waals surface area contributed by atoms with Gasteiger partial charge in [-0.3, -0.25) is 0 Å². The SMILES string of the molecule is CC(C)(C)[Si](C)(C)OC[C@@H](O[Si](C)(C)C(C)(C)C)[C@H]1OC2(CCCO2)[C@H](O[Si](C)(C)C(C)(C)C)[C@H]1O[Si](C)(C)C(C)(C)C. The van der Waals surface area contributed by atoms with E-state index in [0.717, 1.165) is 12.8 Å². The van der Waals surface area contributed by atoms with Crippen molar-refractivity contribution >= 4 is 33.3 Å². The highest BCUT2D eigenvalue weighted by atomic mass is 28.4. The summed E-state index contributed by atoms with van der Waals surface area (Å²) in [5.41, 5.74) is 0. The van der Waals surface area contributed by atoms with Gasteiger partial charge >= 0.3 is 0 Å². The van der Waals surface area contributed by atoms with Crippen LogP contribution >= 0.6 is 0 Å². The van der Waals surface area contributed by atoms with Crippen molar-refractivity contribution in [2.75, 3.05) is 13.2 Å². The van der Waals surface area contributed by atoms with Gasteiger partial charge in [-0.15, -0.1) is 0 Å². The van der Waals surface area contributed by atoms with Gasteiger partial charge in [0.1, 0.15) is 18.3 Å². The van der Waals surface area contributed by atoms with E-state index >= 15 is 0 Å². The van der Waals surface area contributed by atoms with Crippen LogP contribution < -0.4 is 0 Å². The maximum absolute atomic E-state index is 7.44. The van der Waals surface area contributed by atoms with Crippen molar-refractivity contribution in [1.82, 2.24) is 0 Å². The zero-order chi connectivity index (χ0) is 33.9. The molecule has 0 amide bonds. The number of hydrogen-bond acceptors (Lipinski definition) is 6. The summed E-state index contributed by atoms with van der Waals surface area (Å²) in [5, 5.41) is 0.189. The lowest BCUT2D eigenvalue weighted by atomic mass is 10.0. The highest BCUT2D eigenvalue weighted by molar-refractivity contribution is 6.75. The van der Waals surface area contributed by atoms with Crippen LogP contribution in [0.2, 0.25) is 72.5 Å². The van der Waals surface area contributed by atoms with Crippen molar-refractivity contribution in [3.63, 3.8) is 0 Å². The summed E-state index contributed by atoms with van der Waals surface area (Å²) in [6.45, 7) is 47.4. The van der Waals surface area contributed by atoms with Gasteiger partial charge in [0.25, 0.3) is 0 Å². The Hall–Kier alpha value is 0.628. The molecule has 1 spiro atoms. The molecule has 5 atom stereocenters. The number of ether oxygens (including phenoxy) is 2. The lowest BCUT2D eigenvalue weighted by Gasteiger charge is -2.46. The summed E-state index contributed by atoms with van der Waals surface area (Å²) in [6, 6.07) is 0. The molecular weight excluding hydrogens is 605 g/mol. The zero-order valence-electron chi connectivity index (χ0n) is 32.1. The number of rotatable bonds is 10. The predicted molar refractivity (Wildman–Crippen MR) is 192 cm³/mol. The van der Waals surface area contributed by atoms with Crippen LogP contribution in [0.3, 0.4) is 0 Å². The standard InChI is InChI=1S/C33H72O6Si4/c1-29(2,3)40(13,14)35-24-25(37-41(15,16)30(4,5)6)26-27(38-42(17,18)31(7,8)9)28(33(36-26)22-21-23-34-33)39-43(19,20)32(10,11)12/h25-28H,21-24H2,1-20H3/t25-,26-,27+,28-,33?/m1/s1. The van der Waals surface area contributed by atoms with Crippen LogP contribution in [0.1, 0.15) is 95.9 Å². The van der Waals surface area contributed by atoms with Gasteiger partial charge in [-0.1, -0.05) is 83.1 Å². The molecule has 2 rings (SSSR count). The minimum atomic E-state index is -2.25. The monoisotopic (exact) mass is 676 g/mol. The molecule has 0 aliphatic carbocycles. The van der Waals surface area contributed by atoms with Crippen LogP contribution in [0.5, 0.6) is 0 Å². The van der Waals surface area contributed by atoms with Crippen LogP contribution in [0, 0.1) is 0 Å². The highest BCUT2D eigenvalue weighted by Gasteiger charge is 2.64. The third kappa shape index (κ3) is 8.76. The van der Waals surface area contributed by atoms with E-state index in [1.54, 1.807) is 0 Å². The average Bonchev–Trinajstić information content (AvgIpc) is 3.34. The van der Waals surface area contributed by atoms with Crippen molar-refractivity contribution < 1.29 is 27.2 Å². The molecule has 0 saturated carbocycles. The molecule has 0 aromatic rings. The van der Waals surface area contributed by atoms with Crippen LogP contribution in [0.15, 0.2) is 0 Å². The first-order valence-corrected chi connectivity index (χ1v) is 28.4. The zero-order valence-corrected chi connectivity index (χ0v) is 36.1. The lowest BCUT2D eigenvalue weighted by Crippen LogP contribution is -2.59. The minimum Gasteiger partial charge on any atom is -0.414 e. The quantitative estimate of drug-likeness (QED) is 0.215. The van der Waals surface area contributed by atoms with Gasteiger partial charge in [-0.2, -0.15) is 0 Å². The first kappa shape index (κ1) is 39.8. The molecule has 0 bridgehead atoms. The highest BCUT2D eigenvalue weighted by Crippen LogP contribution is 2.51. The van der Waals surface area contributed by atoms with E-state index in [4.69, 9.17) is 27.2 Å². The molecule has 2 saturated heterocycles. The summed E-state index contributed by atoms with van der Waals surface area (Å²) < 4.78 is 42.9. The van der Waals surface area contributed by atoms with E-state index in [-0.39, 0.29) is 44.6 Å². The third-order valence-corrected chi connectivity index (χ3v) is 29.8. The second-order valence-corrected chi connectivity index (χ2v) is 38.6. The molecule has 2 aliphatic heterocycles. The molecule has 6 nitrogen and oxygen atoms in total. The molecule has 43 heavy (non-hydrogen) atoms. The van der Waals surface area contributed by atoms with Crippen molar-refractivity contribution in [3.8, 4) is 0 Å². The maximum Gasteiger partial charge on any atom is 0.196 e. The van der Waals surface area contributed by atoms with Gasteiger partial charge in [0.15, 0.2) is 39.1 Å². The van der Waals surface area contributed by atoms with E-state index in [2.05, 4.69) is 135 Å². The molecule has 0 N–H and O–H groups in total. The molecule has 2 aliphatic rings. The van der Waals surface area contributed by atoms with Gasteiger partial charge in [0, 0.05) is 6.42 Å². The average molecular weight is 677 g/mol. The van der Waals surface area contributed by atoms with Gasteiger partial charge in [-0.05, 0) is 78.9 Å². The first-order chi connectivity index (χ1) is 18.8. The van der Waals surface area contributed by atoms with E-state index in [1.807, 2.05) is 0 Å². The van der Waals surface area contributed by atoms with E-state index < -0.39 is 39.1 Å². The fourth-order valence-corrected chi connectivity index (χ4v) is 9.50. The van der Waals surface area contributed by atoms with Gasteiger partial charge in [0.2, 0.25) is 0 Å². The summed E-state index contributed by atoms with van der Waals surface area (Å²) >= 11 is 0. The van der Waals surface area contributed by atoms with Crippen molar-refractivity contribution in [3.05, 3.63) is 0 Å². The predicted octanol–water partition coefficient (Wildman–Crippen LogP) is 10.1. The summed E-state index contributed by atoms with van der Waals surface area (Å²) in [7, 11) is -8.75. The van der Waals surface area contributed by atoms with E-state index in [1.165, 1.54) is 0 Å². The smallest absolute Gasteiger partial charge is 0.196 e. The second kappa shape index (κ2) is 12.6. The van der Waals surface area contributed by atoms with Gasteiger partial charge in [-0.25, -0.2) is 0 Å².